The van der Waals surface area contributed by atoms with E-state index < -0.39 is 0 Å². The standard InChI is InChI=1S/C42H71NO/c1-3-5-7-9-11-13-15-17-19-21-23-25-32-38-43(39-33-26-24-22-20-18-16-14-12-10-8-6-4-2)41-36-30-31-37-42(41)44-40-34-28-27-29-35-40/h27-31,34-37H,3-26,32-33,38-39H2,1-2H3. The molecule has 0 N–H and O–H groups in total. The summed E-state index contributed by atoms with van der Waals surface area (Å²) < 4.78 is 6.39. The van der Waals surface area contributed by atoms with Crippen molar-refractivity contribution in [2.75, 3.05) is 18.0 Å². The molecule has 0 unspecified atom stereocenters. The Bertz CT molecular complexity index is 835. The van der Waals surface area contributed by atoms with Gasteiger partial charge in [0.1, 0.15) is 5.75 Å². The van der Waals surface area contributed by atoms with Crippen LogP contribution >= 0.6 is 0 Å². The molecular weight excluding hydrogens is 534 g/mol. The fraction of sp³-hybridized carbons (Fsp3) is 0.714. The molecule has 0 radical (unpaired) electrons. The Morgan fingerprint density at radius 3 is 1.14 bits per heavy atom. The average Bonchev–Trinajstić information content (AvgIpc) is 3.05. The predicted molar refractivity (Wildman–Crippen MR) is 197 cm³/mol. The van der Waals surface area contributed by atoms with E-state index in [1.807, 2.05) is 6.07 Å². The number of benzene rings is 2. The first-order valence-electron chi connectivity index (χ1n) is 19.4. The Kier molecular flexibility index (Phi) is 24.8. The van der Waals surface area contributed by atoms with Crippen molar-refractivity contribution < 1.29 is 4.74 Å². The van der Waals surface area contributed by atoms with E-state index in [2.05, 4.69) is 67.3 Å². The highest BCUT2D eigenvalue weighted by Crippen LogP contribution is 2.33. The van der Waals surface area contributed by atoms with E-state index in [1.165, 1.54) is 173 Å². The van der Waals surface area contributed by atoms with E-state index in [0.29, 0.717) is 0 Å². The predicted octanol–water partition coefficient (Wildman–Crippen LogP) is 14.5. The molecule has 2 aromatic carbocycles. The van der Waals surface area contributed by atoms with Crippen LogP contribution in [0.25, 0.3) is 0 Å². The van der Waals surface area contributed by atoms with Crippen molar-refractivity contribution in [3.63, 3.8) is 0 Å². The second-order valence-corrected chi connectivity index (χ2v) is 13.4. The number of nitrogens with zero attached hydrogens (tertiary/aromatic N) is 1. The van der Waals surface area contributed by atoms with Crippen LogP contribution in [0.5, 0.6) is 11.5 Å². The maximum atomic E-state index is 6.39. The smallest absolute Gasteiger partial charge is 0.150 e. The fourth-order valence-electron chi connectivity index (χ4n) is 6.41. The van der Waals surface area contributed by atoms with E-state index in [9.17, 15) is 0 Å². The molecule has 0 spiro atoms. The van der Waals surface area contributed by atoms with E-state index in [1.54, 1.807) is 0 Å². The zero-order valence-electron chi connectivity index (χ0n) is 29.4. The third-order valence-corrected chi connectivity index (χ3v) is 9.24. The maximum absolute atomic E-state index is 6.39. The Morgan fingerprint density at radius 1 is 0.386 bits per heavy atom. The van der Waals surface area contributed by atoms with Crippen LogP contribution in [0.15, 0.2) is 54.6 Å². The molecule has 0 saturated heterocycles. The molecule has 0 aliphatic carbocycles. The number of ether oxygens (including phenoxy) is 1. The molecule has 0 bridgehead atoms. The Balaban J connectivity index is 1.69. The van der Waals surface area contributed by atoms with Gasteiger partial charge in [-0.1, -0.05) is 198 Å². The minimum atomic E-state index is 0.918. The van der Waals surface area contributed by atoms with Gasteiger partial charge in [-0.25, -0.2) is 0 Å². The molecule has 0 heterocycles. The summed E-state index contributed by atoms with van der Waals surface area (Å²) in [6, 6.07) is 19.0. The van der Waals surface area contributed by atoms with Crippen molar-refractivity contribution in [1.82, 2.24) is 0 Å². The molecule has 250 valence electrons. The third-order valence-electron chi connectivity index (χ3n) is 9.24. The Hall–Kier alpha value is -1.96. The van der Waals surface area contributed by atoms with Gasteiger partial charge in [-0.3, -0.25) is 0 Å². The van der Waals surface area contributed by atoms with Crippen molar-refractivity contribution in [3.8, 4) is 11.5 Å². The molecule has 0 aliphatic heterocycles. The summed E-state index contributed by atoms with van der Waals surface area (Å²) in [6.45, 7) is 6.87. The highest BCUT2D eigenvalue weighted by atomic mass is 16.5. The average molecular weight is 606 g/mol. The number of anilines is 1. The quantitative estimate of drug-likeness (QED) is 0.0793. The molecule has 2 heteroatoms. The normalized spacial score (nSPS) is 11.2. The fourth-order valence-corrected chi connectivity index (χ4v) is 6.41. The van der Waals surface area contributed by atoms with E-state index in [4.69, 9.17) is 4.74 Å². The van der Waals surface area contributed by atoms with E-state index in [0.717, 1.165) is 24.6 Å². The van der Waals surface area contributed by atoms with Gasteiger partial charge in [-0.05, 0) is 37.1 Å². The van der Waals surface area contributed by atoms with Gasteiger partial charge in [0, 0.05) is 13.1 Å². The van der Waals surface area contributed by atoms with Gasteiger partial charge in [-0.2, -0.15) is 0 Å². The number of unbranched alkanes of at least 4 members (excludes halogenated alkanes) is 24. The summed E-state index contributed by atoms with van der Waals surface area (Å²) in [5, 5.41) is 0. The second kappa shape index (κ2) is 28.5. The van der Waals surface area contributed by atoms with Gasteiger partial charge in [0.15, 0.2) is 5.75 Å². The largest absolute Gasteiger partial charge is 0.455 e. The lowest BCUT2D eigenvalue weighted by molar-refractivity contribution is 0.479. The first-order chi connectivity index (χ1) is 21.8. The molecule has 2 nitrogen and oxygen atoms in total. The Morgan fingerprint density at radius 2 is 0.727 bits per heavy atom. The minimum Gasteiger partial charge on any atom is -0.455 e. The number of hydrogen-bond donors (Lipinski definition) is 0. The molecule has 0 aromatic heterocycles. The summed E-state index contributed by atoms with van der Waals surface area (Å²) in [5.41, 5.74) is 1.26. The van der Waals surface area contributed by atoms with Crippen molar-refractivity contribution in [2.45, 2.75) is 181 Å². The molecule has 2 rings (SSSR count). The molecule has 0 saturated carbocycles. The van der Waals surface area contributed by atoms with Gasteiger partial charge in [0.25, 0.3) is 0 Å². The molecule has 0 fully saturated rings. The van der Waals surface area contributed by atoms with Crippen LogP contribution in [0.3, 0.4) is 0 Å². The molecule has 0 aliphatic rings. The molecule has 0 atom stereocenters. The zero-order chi connectivity index (χ0) is 31.2. The van der Waals surface area contributed by atoms with Gasteiger partial charge >= 0.3 is 0 Å². The monoisotopic (exact) mass is 606 g/mol. The van der Waals surface area contributed by atoms with Gasteiger partial charge in [-0.15, -0.1) is 0 Å². The van der Waals surface area contributed by atoms with Gasteiger partial charge in [0.05, 0.1) is 5.69 Å². The van der Waals surface area contributed by atoms with Gasteiger partial charge in [0.2, 0.25) is 0 Å². The first kappa shape index (κ1) is 38.2. The Labute approximate surface area is 274 Å². The van der Waals surface area contributed by atoms with Crippen molar-refractivity contribution in [1.29, 1.82) is 0 Å². The minimum absolute atomic E-state index is 0.918. The number of para-hydroxylation sites is 3. The van der Waals surface area contributed by atoms with E-state index in [-0.39, 0.29) is 0 Å². The second-order valence-electron chi connectivity index (χ2n) is 13.4. The molecular formula is C42H71NO. The first-order valence-corrected chi connectivity index (χ1v) is 19.4. The third kappa shape index (κ3) is 20.1. The zero-order valence-corrected chi connectivity index (χ0v) is 29.4. The summed E-state index contributed by atoms with van der Waals surface area (Å²) >= 11 is 0. The van der Waals surface area contributed by atoms with Crippen LogP contribution in [0.4, 0.5) is 5.69 Å². The van der Waals surface area contributed by atoms with E-state index >= 15 is 0 Å². The lowest BCUT2D eigenvalue weighted by Crippen LogP contribution is -2.26. The lowest BCUT2D eigenvalue weighted by Gasteiger charge is -2.27. The summed E-state index contributed by atoms with van der Waals surface area (Å²) in [5.74, 6) is 1.91. The van der Waals surface area contributed by atoms with Crippen molar-refractivity contribution in [3.05, 3.63) is 54.6 Å². The van der Waals surface area contributed by atoms with Crippen LogP contribution in [0, 0.1) is 0 Å². The number of hydrogen-bond acceptors (Lipinski definition) is 2. The molecule has 2 aromatic rings. The summed E-state index contributed by atoms with van der Waals surface area (Å²) in [7, 11) is 0. The molecule has 44 heavy (non-hydrogen) atoms. The summed E-state index contributed by atoms with van der Waals surface area (Å²) in [6.07, 6.45) is 36.5. The van der Waals surface area contributed by atoms with Crippen LogP contribution in [0.1, 0.15) is 181 Å². The number of rotatable bonds is 31. The van der Waals surface area contributed by atoms with Crippen LogP contribution in [-0.2, 0) is 0 Å². The topological polar surface area (TPSA) is 12.5 Å². The summed E-state index contributed by atoms with van der Waals surface area (Å²) in [4.78, 5) is 2.62. The highest BCUT2D eigenvalue weighted by Gasteiger charge is 2.13. The maximum Gasteiger partial charge on any atom is 0.150 e. The highest BCUT2D eigenvalue weighted by molar-refractivity contribution is 5.59. The molecule has 0 amide bonds. The van der Waals surface area contributed by atoms with Crippen molar-refractivity contribution in [2.24, 2.45) is 0 Å². The van der Waals surface area contributed by atoms with Crippen LogP contribution in [-0.4, -0.2) is 13.1 Å². The van der Waals surface area contributed by atoms with Crippen LogP contribution in [0.2, 0.25) is 0 Å². The van der Waals surface area contributed by atoms with Crippen LogP contribution < -0.4 is 9.64 Å². The van der Waals surface area contributed by atoms with Crippen molar-refractivity contribution >= 4 is 5.69 Å². The lowest BCUT2D eigenvalue weighted by atomic mass is 10.0. The SMILES string of the molecule is CCCCCCCCCCCCCCCN(CCCCCCCCCCCCCCC)c1ccccc1Oc1ccccc1. The van der Waals surface area contributed by atoms with Gasteiger partial charge < -0.3 is 9.64 Å².